The number of hydrogen-bond donors (Lipinski definition) is 3. The van der Waals surface area contributed by atoms with Gasteiger partial charge >= 0.3 is 0 Å². The van der Waals surface area contributed by atoms with Gasteiger partial charge in [-0.25, -0.2) is 15.1 Å². The van der Waals surface area contributed by atoms with Gasteiger partial charge in [0.1, 0.15) is 0 Å². The Kier molecular flexibility index (Phi) is 6.98. The maximum Gasteiger partial charge on any atom is 0.264 e. The van der Waals surface area contributed by atoms with Crippen molar-refractivity contribution in [3.05, 3.63) is 53.0 Å². The van der Waals surface area contributed by atoms with E-state index in [1.54, 1.807) is 0 Å². The first-order valence-electron chi connectivity index (χ1n) is 8.60. The zero-order valence-corrected chi connectivity index (χ0v) is 17.5. The van der Waals surface area contributed by atoms with Gasteiger partial charge in [-0.3, -0.25) is 4.79 Å². The Balaban J connectivity index is 1.52. The van der Waals surface area contributed by atoms with E-state index in [4.69, 9.17) is 5.84 Å². The summed E-state index contributed by atoms with van der Waals surface area (Å²) in [7, 11) is 0. The summed E-state index contributed by atoms with van der Waals surface area (Å²) in [5.41, 5.74) is 5.46. The Morgan fingerprint density at radius 1 is 1.34 bits per heavy atom. The lowest BCUT2D eigenvalue weighted by Gasteiger charge is -2.03. The molecule has 0 aliphatic heterocycles. The fourth-order valence-corrected chi connectivity index (χ4v) is 3.47. The number of nitrogens with zero attached hydrogens (tertiary/aromatic N) is 5. The van der Waals surface area contributed by atoms with Gasteiger partial charge in [0.15, 0.2) is 5.13 Å². The zero-order chi connectivity index (χ0) is 20.6. The molecule has 0 atom stereocenters. The molecule has 0 saturated carbocycles. The van der Waals surface area contributed by atoms with E-state index in [9.17, 15) is 4.79 Å². The maximum atomic E-state index is 12.0. The van der Waals surface area contributed by atoms with E-state index < -0.39 is 0 Å². The fourth-order valence-electron chi connectivity index (χ4n) is 2.10. The predicted octanol–water partition coefficient (Wildman–Crippen LogP) is 2.99. The summed E-state index contributed by atoms with van der Waals surface area (Å²) < 4.78 is 1.25. The Morgan fingerprint density at radius 2 is 2.14 bits per heavy atom. The van der Waals surface area contributed by atoms with Crippen LogP contribution >= 0.6 is 23.1 Å². The summed E-state index contributed by atoms with van der Waals surface area (Å²) >= 11 is 2.55. The van der Waals surface area contributed by atoms with Crippen LogP contribution in [0.2, 0.25) is 0 Å². The first-order valence-corrected chi connectivity index (χ1v) is 10.5. The van der Waals surface area contributed by atoms with Gasteiger partial charge in [0.2, 0.25) is 11.1 Å². The summed E-state index contributed by atoms with van der Waals surface area (Å²) in [6.45, 7) is 3.72. The van der Waals surface area contributed by atoms with Crippen molar-refractivity contribution in [1.82, 2.24) is 19.9 Å². The summed E-state index contributed by atoms with van der Waals surface area (Å²) in [5.74, 6) is 6.19. The monoisotopic (exact) mass is 428 g/mol. The molecule has 0 saturated heterocycles. The second kappa shape index (κ2) is 9.85. The highest BCUT2D eigenvalue weighted by Gasteiger charge is 2.13. The SMILES string of the molecule is CC(/C=C/c1ccccc1)=N\Nc1nnc(SCC(=O)Nc2nc(C)cs2)n1N. The molecular weight excluding hydrogens is 408 g/mol. The van der Waals surface area contributed by atoms with Crippen molar-refractivity contribution < 1.29 is 4.79 Å². The van der Waals surface area contributed by atoms with Gasteiger partial charge < -0.3 is 11.2 Å². The van der Waals surface area contributed by atoms with Crippen molar-refractivity contribution in [1.29, 1.82) is 0 Å². The molecule has 0 aliphatic rings. The number of rotatable bonds is 8. The van der Waals surface area contributed by atoms with E-state index in [0.717, 1.165) is 17.0 Å². The van der Waals surface area contributed by atoms with Crippen molar-refractivity contribution in [2.75, 3.05) is 22.3 Å². The maximum absolute atomic E-state index is 12.0. The molecule has 29 heavy (non-hydrogen) atoms. The van der Waals surface area contributed by atoms with Crippen LogP contribution in [-0.2, 0) is 4.79 Å². The summed E-state index contributed by atoms with van der Waals surface area (Å²) in [6.07, 6.45) is 3.83. The zero-order valence-electron chi connectivity index (χ0n) is 15.9. The average molecular weight is 429 g/mol. The first kappa shape index (κ1) is 20.6. The number of carbonyl (C=O) groups excluding carboxylic acids is 1. The molecule has 1 aromatic carbocycles. The number of aromatic nitrogens is 4. The Hall–Kier alpha value is -3.18. The molecule has 0 bridgehead atoms. The van der Waals surface area contributed by atoms with Crippen LogP contribution < -0.4 is 16.6 Å². The van der Waals surface area contributed by atoms with Gasteiger partial charge in [-0.1, -0.05) is 48.2 Å². The third-order valence-electron chi connectivity index (χ3n) is 3.51. The van der Waals surface area contributed by atoms with Crippen LogP contribution in [0.5, 0.6) is 0 Å². The van der Waals surface area contributed by atoms with E-state index in [0.29, 0.717) is 10.3 Å². The normalized spacial score (nSPS) is 11.7. The van der Waals surface area contributed by atoms with E-state index in [-0.39, 0.29) is 17.6 Å². The molecule has 2 aromatic heterocycles. The second-order valence-corrected chi connectivity index (χ2v) is 7.72. The number of thioether (sulfide) groups is 1. The Bertz CT molecular complexity index is 1030. The summed E-state index contributed by atoms with van der Waals surface area (Å²) in [6, 6.07) is 9.91. The summed E-state index contributed by atoms with van der Waals surface area (Å²) in [4.78, 5) is 16.2. The van der Waals surface area contributed by atoms with E-state index in [1.807, 2.05) is 61.7 Å². The number of amides is 1. The standard InChI is InChI=1S/C18H20N8OS2/c1-12(8-9-14-6-4-3-5-7-14)22-23-16-24-25-18(26(16)19)29-11-15(27)21-17-20-13(2)10-28-17/h3-10H,11,19H2,1-2H3,(H,23,24)(H,20,21,27)/b9-8+,22-12+. The van der Waals surface area contributed by atoms with Gasteiger partial charge in [0.05, 0.1) is 17.2 Å². The minimum atomic E-state index is -0.193. The van der Waals surface area contributed by atoms with Gasteiger partial charge in [-0.05, 0) is 25.5 Å². The van der Waals surface area contributed by atoms with E-state index >= 15 is 0 Å². The molecule has 2 heterocycles. The fraction of sp³-hybridized carbons (Fsp3) is 0.167. The molecule has 11 heteroatoms. The van der Waals surface area contributed by atoms with Crippen molar-refractivity contribution in [3.63, 3.8) is 0 Å². The number of hydrazone groups is 1. The molecule has 4 N–H and O–H groups in total. The van der Waals surface area contributed by atoms with Crippen molar-refractivity contribution >= 4 is 51.9 Å². The minimum absolute atomic E-state index is 0.135. The van der Waals surface area contributed by atoms with Crippen LogP contribution in [0.3, 0.4) is 0 Å². The topological polar surface area (TPSA) is 123 Å². The highest BCUT2D eigenvalue weighted by Crippen LogP contribution is 2.18. The number of nitrogen functional groups attached to an aromatic ring is 1. The minimum Gasteiger partial charge on any atom is -0.334 e. The first-order chi connectivity index (χ1) is 14.0. The number of nitrogens with two attached hydrogens (primary N) is 1. The van der Waals surface area contributed by atoms with Crippen molar-refractivity contribution in [2.24, 2.45) is 5.10 Å². The van der Waals surface area contributed by atoms with Gasteiger partial charge in [0.25, 0.3) is 5.95 Å². The lowest BCUT2D eigenvalue weighted by molar-refractivity contribution is -0.113. The highest BCUT2D eigenvalue weighted by molar-refractivity contribution is 7.99. The molecule has 0 unspecified atom stereocenters. The number of carbonyl (C=O) groups is 1. The number of nitrogens with one attached hydrogen (secondary N) is 2. The van der Waals surface area contributed by atoms with Crippen LogP contribution in [0.4, 0.5) is 11.1 Å². The van der Waals surface area contributed by atoms with Crippen LogP contribution in [-0.4, -0.2) is 37.2 Å². The van der Waals surface area contributed by atoms with Crippen LogP contribution in [0.1, 0.15) is 18.2 Å². The highest BCUT2D eigenvalue weighted by atomic mass is 32.2. The van der Waals surface area contributed by atoms with Gasteiger partial charge in [-0.15, -0.1) is 21.5 Å². The van der Waals surface area contributed by atoms with Crippen LogP contribution in [0, 0.1) is 6.92 Å². The lowest BCUT2D eigenvalue weighted by atomic mass is 10.2. The third-order valence-corrected chi connectivity index (χ3v) is 5.33. The average Bonchev–Trinajstić information content (AvgIpc) is 3.29. The predicted molar refractivity (Wildman–Crippen MR) is 119 cm³/mol. The van der Waals surface area contributed by atoms with Crippen LogP contribution in [0.25, 0.3) is 6.08 Å². The van der Waals surface area contributed by atoms with Crippen molar-refractivity contribution in [2.45, 2.75) is 19.0 Å². The number of thiazole rings is 1. The van der Waals surface area contributed by atoms with Gasteiger partial charge in [-0.2, -0.15) is 5.10 Å². The number of benzene rings is 1. The quantitative estimate of drug-likeness (QED) is 0.218. The second-order valence-electron chi connectivity index (χ2n) is 5.92. The van der Waals surface area contributed by atoms with Gasteiger partial charge in [0, 0.05) is 5.38 Å². The molecule has 3 aromatic rings. The molecule has 0 spiro atoms. The van der Waals surface area contributed by atoms with E-state index in [2.05, 4.69) is 31.0 Å². The molecule has 150 valence electrons. The molecule has 1 amide bonds. The Morgan fingerprint density at radius 3 is 2.86 bits per heavy atom. The van der Waals surface area contributed by atoms with Crippen molar-refractivity contribution in [3.8, 4) is 0 Å². The smallest absolute Gasteiger partial charge is 0.264 e. The number of hydrogen-bond acceptors (Lipinski definition) is 9. The molecule has 0 aliphatic carbocycles. The Labute approximate surface area is 176 Å². The molecule has 0 radical (unpaired) electrons. The molecule has 3 rings (SSSR count). The summed E-state index contributed by atoms with van der Waals surface area (Å²) in [5, 5.41) is 17.7. The molecule has 9 nitrogen and oxygen atoms in total. The lowest BCUT2D eigenvalue weighted by Crippen LogP contribution is -2.17. The number of aryl methyl sites for hydroxylation is 1. The third kappa shape index (κ3) is 6.16. The molecular formula is C18H20N8OS2. The molecule has 0 fully saturated rings. The number of anilines is 2. The number of allylic oxidation sites excluding steroid dienone is 1. The van der Waals surface area contributed by atoms with Crippen LogP contribution in [0.15, 0.2) is 52.0 Å². The van der Waals surface area contributed by atoms with E-state index in [1.165, 1.54) is 27.8 Å². The largest absolute Gasteiger partial charge is 0.334 e.